The van der Waals surface area contributed by atoms with Gasteiger partial charge in [-0.25, -0.2) is 4.98 Å². The molecule has 0 unspecified atom stereocenters. The number of rotatable bonds is 3. The fourth-order valence-electron chi connectivity index (χ4n) is 8.34. The van der Waals surface area contributed by atoms with Crippen LogP contribution in [0.25, 0.3) is 111 Å². The molecule has 0 bridgehead atoms. The number of hydrogen-bond donors (Lipinski definition) is 0. The molecule has 0 aliphatic rings. The van der Waals surface area contributed by atoms with Crippen molar-refractivity contribution in [3.63, 3.8) is 0 Å². The van der Waals surface area contributed by atoms with Gasteiger partial charge in [0.1, 0.15) is 11.2 Å². The number of para-hydroxylation sites is 4. The highest BCUT2D eigenvalue weighted by Crippen LogP contribution is 2.46. The first-order chi connectivity index (χ1) is 25.3. The van der Waals surface area contributed by atoms with Crippen molar-refractivity contribution in [2.75, 3.05) is 0 Å². The van der Waals surface area contributed by atoms with E-state index in [-0.39, 0.29) is 0 Å². The minimum Gasteiger partial charge on any atom is -0.456 e. The van der Waals surface area contributed by atoms with Crippen LogP contribution in [0.15, 0.2) is 156 Å². The average Bonchev–Trinajstić information content (AvgIpc) is 3.93. The Balaban J connectivity index is 1.23. The molecule has 12 rings (SSSR count). The molecule has 0 radical (unpaired) electrons. The lowest BCUT2D eigenvalue weighted by atomic mass is 10.0. The maximum absolute atomic E-state index is 6.30. The van der Waals surface area contributed by atoms with Gasteiger partial charge in [0, 0.05) is 54.2 Å². The molecule has 236 valence electrons. The predicted octanol–water partition coefficient (Wildman–Crippen LogP) is 11.4. The van der Waals surface area contributed by atoms with E-state index in [0.29, 0.717) is 17.6 Å². The molecule has 51 heavy (non-hydrogen) atoms. The summed E-state index contributed by atoms with van der Waals surface area (Å²) < 4.78 is 11.0. The minimum absolute atomic E-state index is 0.567. The summed E-state index contributed by atoms with van der Waals surface area (Å²) in [5, 5.41) is 9.36. The predicted molar refractivity (Wildman–Crippen MR) is 207 cm³/mol. The van der Waals surface area contributed by atoms with Crippen LogP contribution in [0, 0.1) is 0 Å². The Morgan fingerprint density at radius 2 is 0.980 bits per heavy atom. The lowest BCUT2D eigenvalue weighted by molar-refractivity contribution is 0.669. The topological polar surface area (TPSA) is 61.2 Å². The molecule has 0 fully saturated rings. The molecule has 0 N–H and O–H groups in total. The third-order valence-corrected chi connectivity index (χ3v) is 10.5. The molecule has 0 saturated carbocycles. The van der Waals surface area contributed by atoms with Crippen LogP contribution in [0.2, 0.25) is 0 Å². The SMILES string of the molecule is c1ccc(-c2nc(-c3ccc4c(c3)oc3ccccc34)nc(-n3c4ccccc4c4cc5c6ccccc6n6c7ccccc7c(c43)c56)n2)cc1. The maximum Gasteiger partial charge on any atom is 0.238 e. The van der Waals surface area contributed by atoms with E-state index in [1.807, 2.05) is 42.5 Å². The molecule has 0 spiro atoms. The van der Waals surface area contributed by atoms with Gasteiger partial charge in [0.05, 0.1) is 27.6 Å². The molecule has 5 aromatic heterocycles. The van der Waals surface area contributed by atoms with Crippen LogP contribution in [0.5, 0.6) is 0 Å². The Bertz CT molecular complexity index is 3370. The van der Waals surface area contributed by atoms with E-state index in [4.69, 9.17) is 19.4 Å². The number of benzene rings is 7. The molecule has 0 aliphatic heterocycles. The molecular weight excluding hydrogens is 627 g/mol. The lowest BCUT2D eigenvalue weighted by Gasteiger charge is -2.11. The maximum atomic E-state index is 6.30. The van der Waals surface area contributed by atoms with Crippen molar-refractivity contribution in [3.8, 4) is 28.7 Å². The smallest absolute Gasteiger partial charge is 0.238 e. The summed E-state index contributed by atoms with van der Waals surface area (Å²) in [6, 6.07) is 52.9. The molecule has 6 heteroatoms. The molecule has 6 nitrogen and oxygen atoms in total. The van der Waals surface area contributed by atoms with Crippen LogP contribution >= 0.6 is 0 Å². The van der Waals surface area contributed by atoms with Gasteiger partial charge in [-0.15, -0.1) is 0 Å². The van der Waals surface area contributed by atoms with Gasteiger partial charge in [0.15, 0.2) is 11.6 Å². The summed E-state index contributed by atoms with van der Waals surface area (Å²) in [7, 11) is 0. The summed E-state index contributed by atoms with van der Waals surface area (Å²) in [6.45, 7) is 0. The van der Waals surface area contributed by atoms with Gasteiger partial charge < -0.3 is 8.82 Å². The summed E-state index contributed by atoms with van der Waals surface area (Å²) in [5.41, 5.74) is 9.17. The number of hydrogen-bond acceptors (Lipinski definition) is 4. The first-order valence-corrected chi connectivity index (χ1v) is 17.1. The van der Waals surface area contributed by atoms with Crippen molar-refractivity contribution < 1.29 is 4.42 Å². The number of furan rings is 1. The van der Waals surface area contributed by atoms with E-state index >= 15 is 0 Å². The Morgan fingerprint density at radius 1 is 0.392 bits per heavy atom. The van der Waals surface area contributed by atoms with Crippen molar-refractivity contribution in [3.05, 3.63) is 152 Å². The molecule has 7 aromatic carbocycles. The van der Waals surface area contributed by atoms with Gasteiger partial charge in [-0.2, -0.15) is 9.97 Å². The number of nitrogens with zero attached hydrogens (tertiary/aromatic N) is 5. The van der Waals surface area contributed by atoms with E-state index in [1.165, 1.54) is 43.5 Å². The molecule has 5 heterocycles. The fraction of sp³-hybridized carbons (Fsp3) is 0. The van der Waals surface area contributed by atoms with Crippen molar-refractivity contribution in [1.29, 1.82) is 0 Å². The van der Waals surface area contributed by atoms with Crippen LogP contribution in [-0.4, -0.2) is 23.9 Å². The summed E-state index contributed by atoms with van der Waals surface area (Å²) >= 11 is 0. The zero-order chi connectivity index (χ0) is 33.2. The minimum atomic E-state index is 0.567. The van der Waals surface area contributed by atoms with E-state index in [9.17, 15) is 0 Å². The average molecular weight is 652 g/mol. The zero-order valence-corrected chi connectivity index (χ0v) is 27.1. The Labute approximate surface area is 289 Å². The second-order valence-corrected chi connectivity index (χ2v) is 13.2. The second kappa shape index (κ2) is 9.77. The third-order valence-electron chi connectivity index (χ3n) is 10.5. The van der Waals surface area contributed by atoms with E-state index in [2.05, 4.69) is 118 Å². The first-order valence-electron chi connectivity index (χ1n) is 17.1. The van der Waals surface area contributed by atoms with Crippen molar-refractivity contribution in [1.82, 2.24) is 23.9 Å². The fourth-order valence-corrected chi connectivity index (χ4v) is 8.34. The normalized spacial score (nSPS) is 12.3. The van der Waals surface area contributed by atoms with E-state index in [1.54, 1.807) is 0 Å². The van der Waals surface area contributed by atoms with Gasteiger partial charge in [-0.05, 0) is 42.5 Å². The van der Waals surface area contributed by atoms with Crippen LogP contribution in [0.4, 0.5) is 0 Å². The van der Waals surface area contributed by atoms with E-state index in [0.717, 1.165) is 49.5 Å². The lowest BCUT2D eigenvalue weighted by Crippen LogP contribution is -2.06. The quantitative estimate of drug-likeness (QED) is 0.191. The monoisotopic (exact) mass is 651 g/mol. The van der Waals surface area contributed by atoms with E-state index < -0.39 is 0 Å². The Morgan fingerprint density at radius 3 is 1.78 bits per heavy atom. The van der Waals surface area contributed by atoms with Crippen molar-refractivity contribution in [2.24, 2.45) is 0 Å². The standard InChI is InChI=1S/C45H25N5O/c1-2-12-26(13-3-1)43-46-44(27-22-23-31-30-16-7-11-21-38(30)51-39(31)24-27)48-45(47-43)50-36-19-9-5-15-29(36)34-25-33-28-14-4-8-18-35(28)49-37-20-10-6-17-32(37)40(41(33)49)42(34)50/h1-25H. The molecule has 0 amide bonds. The van der Waals surface area contributed by atoms with Crippen LogP contribution in [-0.2, 0) is 0 Å². The number of fused-ring (bicyclic) bond motifs is 13. The van der Waals surface area contributed by atoms with Crippen LogP contribution < -0.4 is 0 Å². The van der Waals surface area contributed by atoms with Gasteiger partial charge in [-0.1, -0.05) is 109 Å². The highest BCUT2D eigenvalue weighted by atomic mass is 16.3. The van der Waals surface area contributed by atoms with Crippen molar-refractivity contribution >= 4 is 81.8 Å². The third kappa shape index (κ3) is 3.57. The Hall–Kier alpha value is -7.05. The second-order valence-electron chi connectivity index (χ2n) is 13.2. The highest BCUT2D eigenvalue weighted by Gasteiger charge is 2.25. The molecule has 0 saturated heterocycles. The van der Waals surface area contributed by atoms with Gasteiger partial charge in [-0.3, -0.25) is 4.57 Å². The molecule has 0 aliphatic carbocycles. The zero-order valence-electron chi connectivity index (χ0n) is 27.1. The molecular formula is C45H25N5O. The first kappa shape index (κ1) is 26.9. The van der Waals surface area contributed by atoms with Gasteiger partial charge in [0.2, 0.25) is 5.95 Å². The number of aromatic nitrogens is 5. The molecule has 12 aromatic rings. The highest BCUT2D eigenvalue weighted by molar-refractivity contribution is 6.34. The summed E-state index contributed by atoms with van der Waals surface area (Å²) in [5.74, 6) is 1.76. The van der Waals surface area contributed by atoms with Gasteiger partial charge in [0.25, 0.3) is 0 Å². The van der Waals surface area contributed by atoms with Crippen LogP contribution in [0.1, 0.15) is 0 Å². The van der Waals surface area contributed by atoms with Gasteiger partial charge >= 0.3 is 0 Å². The largest absolute Gasteiger partial charge is 0.456 e. The summed E-state index contributed by atoms with van der Waals surface area (Å²) in [4.78, 5) is 15.6. The molecule has 0 atom stereocenters. The van der Waals surface area contributed by atoms with Crippen LogP contribution in [0.3, 0.4) is 0 Å². The Kier molecular flexibility index (Phi) is 5.14. The summed E-state index contributed by atoms with van der Waals surface area (Å²) in [6.07, 6.45) is 0. The van der Waals surface area contributed by atoms with Crippen molar-refractivity contribution in [2.45, 2.75) is 0 Å².